The SMILES string of the molecule is Cc1cc(C)cc(NC(=O)[C@@H](Cc2ccccc2)NC2=C/C(=N/O)c3ccccc3C2=O)c1. The lowest BCUT2D eigenvalue weighted by Gasteiger charge is -2.24. The summed E-state index contributed by atoms with van der Waals surface area (Å²) in [5.74, 6) is -0.519. The molecule has 3 aromatic rings. The molecule has 1 aliphatic carbocycles. The summed E-state index contributed by atoms with van der Waals surface area (Å²) < 4.78 is 0. The highest BCUT2D eigenvalue weighted by Crippen LogP contribution is 2.22. The van der Waals surface area contributed by atoms with Crippen LogP contribution in [0.4, 0.5) is 5.69 Å². The normalized spacial score (nSPS) is 14.9. The van der Waals surface area contributed by atoms with Gasteiger partial charge in [-0.2, -0.15) is 0 Å². The minimum Gasteiger partial charge on any atom is -0.410 e. The van der Waals surface area contributed by atoms with Gasteiger partial charge in [0.2, 0.25) is 11.7 Å². The maximum Gasteiger partial charge on any atom is 0.247 e. The quantitative estimate of drug-likeness (QED) is 0.392. The fourth-order valence-corrected chi connectivity index (χ4v) is 4.04. The molecule has 0 heterocycles. The summed E-state index contributed by atoms with van der Waals surface area (Å²) >= 11 is 0. The molecule has 0 bridgehead atoms. The van der Waals surface area contributed by atoms with E-state index in [1.54, 1.807) is 24.3 Å². The highest BCUT2D eigenvalue weighted by atomic mass is 16.4. The molecule has 0 aromatic heterocycles. The standard InChI is InChI=1S/C27H25N3O3/c1-17-12-18(2)14-20(13-17)28-27(32)25(15-19-8-4-3-5-9-19)29-24-16-23(30-33)21-10-6-7-11-22(21)26(24)31/h3-14,16,25,29,33H,15H2,1-2H3,(H,28,32)/b30-23-/t25-/m1/s1. The molecule has 0 saturated heterocycles. The largest absolute Gasteiger partial charge is 0.410 e. The van der Waals surface area contributed by atoms with Crippen molar-refractivity contribution in [3.8, 4) is 0 Å². The lowest BCUT2D eigenvalue weighted by atomic mass is 9.91. The molecule has 1 aliphatic rings. The number of ketones is 1. The van der Waals surface area contributed by atoms with Crippen molar-refractivity contribution in [1.29, 1.82) is 0 Å². The zero-order valence-electron chi connectivity index (χ0n) is 18.5. The zero-order valence-corrected chi connectivity index (χ0v) is 18.5. The number of nitrogens with zero attached hydrogens (tertiary/aromatic N) is 1. The van der Waals surface area contributed by atoms with Crippen molar-refractivity contribution in [3.05, 3.63) is 112 Å². The molecule has 6 nitrogen and oxygen atoms in total. The van der Waals surface area contributed by atoms with Crippen molar-refractivity contribution in [2.75, 3.05) is 5.32 Å². The van der Waals surface area contributed by atoms with E-state index in [9.17, 15) is 14.8 Å². The van der Waals surface area contributed by atoms with E-state index in [0.29, 0.717) is 23.2 Å². The van der Waals surface area contributed by atoms with E-state index in [0.717, 1.165) is 16.7 Å². The third-order valence-corrected chi connectivity index (χ3v) is 5.50. The number of aryl methyl sites for hydroxylation is 2. The summed E-state index contributed by atoms with van der Waals surface area (Å²) in [6, 6.07) is 21.7. The molecule has 3 N–H and O–H groups in total. The number of oxime groups is 1. The Morgan fingerprint density at radius 2 is 1.58 bits per heavy atom. The van der Waals surface area contributed by atoms with Crippen LogP contribution in [0.1, 0.15) is 32.6 Å². The van der Waals surface area contributed by atoms with Crippen LogP contribution in [0.25, 0.3) is 0 Å². The topological polar surface area (TPSA) is 90.8 Å². The van der Waals surface area contributed by atoms with Crippen molar-refractivity contribution in [1.82, 2.24) is 5.32 Å². The number of benzene rings is 3. The first-order valence-electron chi connectivity index (χ1n) is 10.7. The third kappa shape index (κ3) is 5.01. The highest BCUT2D eigenvalue weighted by Gasteiger charge is 2.28. The number of carbonyl (C=O) groups excluding carboxylic acids is 2. The van der Waals surface area contributed by atoms with Crippen LogP contribution < -0.4 is 10.6 Å². The maximum absolute atomic E-state index is 13.3. The number of Topliss-reactive ketones (excluding diaryl/α,β-unsaturated/α-hetero) is 1. The Hall–Kier alpha value is -4.19. The van der Waals surface area contributed by atoms with Crippen LogP contribution in [0, 0.1) is 13.8 Å². The van der Waals surface area contributed by atoms with Crippen molar-refractivity contribution in [2.45, 2.75) is 26.3 Å². The van der Waals surface area contributed by atoms with Crippen molar-refractivity contribution >= 4 is 23.1 Å². The highest BCUT2D eigenvalue weighted by molar-refractivity contribution is 6.26. The first-order chi connectivity index (χ1) is 15.9. The molecule has 0 unspecified atom stereocenters. The smallest absolute Gasteiger partial charge is 0.247 e. The maximum atomic E-state index is 13.3. The number of allylic oxidation sites excluding steroid dienone is 2. The molecule has 1 amide bonds. The van der Waals surface area contributed by atoms with Crippen LogP contribution in [0.15, 0.2) is 89.7 Å². The summed E-state index contributed by atoms with van der Waals surface area (Å²) in [5.41, 5.74) is 5.18. The van der Waals surface area contributed by atoms with Crippen LogP contribution in [0.3, 0.4) is 0 Å². The van der Waals surface area contributed by atoms with Crippen LogP contribution in [0.5, 0.6) is 0 Å². The summed E-state index contributed by atoms with van der Waals surface area (Å²) in [5, 5.41) is 18.9. The number of anilines is 1. The van der Waals surface area contributed by atoms with E-state index in [1.807, 2.05) is 62.4 Å². The van der Waals surface area contributed by atoms with Crippen LogP contribution >= 0.6 is 0 Å². The Kier molecular flexibility index (Phi) is 6.36. The second-order valence-electron chi connectivity index (χ2n) is 8.17. The van der Waals surface area contributed by atoms with E-state index in [4.69, 9.17) is 0 Å². The van der Waals surface area contributed by atoms with E-state index < -0.39 is 6.04 Å². The van der Waals surface area contributed by atoms with Gasteiger partial charge in [0.1, 0.15) is 11.8 Å². The van der Waals surface area contributed by atoms with E-state index in [2.05, 4.69) is 15.8 Å². The molecule has 3 aromatic carbocycles. The Morgan fingerprint density at radius 1 is 0.939 bits per heavy atom. The monoisotopic (exact) mass is 439 g/mol. The van der Waals surface area contributed by atoms with Gasteiger partial charge in [0.05, 0.1) is 5.70 Å². The second-order valence-corrected chi connectivity index (χ2v) is 8.17. The molecule has 1 atom stereocenters. The van der Waals surface area contributed by atoms with Gasteiger partial charge in [-0.25, -0.2) is 0 Å². The Labute approximate surface area is 192 Å². The number of rotatable bonds is 6. The molecule has 0 saturated carbocycles. The van der Waals surface area contributed by atoms with Gasteiger partial charge in [-0.1, -0.05) is 65.8 Å². The number of nitrogens with one attached hydrogen (secondary N) is 2. The second kappa shape index (κ2) is 9.53. The number of hydrogen-bond acceptors (Lipinski definition) is 5. The third-order valence-electron chi connectivity index (χ3n) is 5.50. The van der Waals surface area contributed by atoms with Crippen molar-refractivity contribution < 1.29 is 14.8 Å². The minimum atomic E-state index is -0.728. The van der Waals surface area contributed by atoms with Crippen molar-refractivity contribution in [3.63, 3.8) is 0 Å². The van der Waals surface area contributed by atoms with Gasteiger partial charge in [0.15, 0.2) is 0 Å². The zero-order chi connectivity index (χ0) is 23.4. The van der Waals surface area contributed by atoms with Crippen LogP contribution in [0.2, 0.25) is 0 Å². The lowest BCUT2D eigenvalue weighted by Crippen LogP contribution is -2.44. The fourth-order valence-electron chi connectivity index (χ4n) is 4.04. The Balaban J connectivity index is 1.64. The van der Waals surface area contributed by atoms with Gasteiger partial charge >= 0.3 is 0 Å². The molecule has 0 radical (unpaired) electrons. The number of fused-ring (bicyclic) bond motifs is 1. The van der Waals surface area contributed by atoms with Gasteiger partial charge in [0.25, 0.3) is 0 Å². The van der Waals surface area contributed by atoms with Gasteiger partial charge in [-0.15, -0.1) is 0 Å². The molecule has 0 spiro atoms. The van der Waals surface area contributed by atoms with E-state index >= 15 is 0 Å². The lowest BCUT2D eigenvalue weighted by molar-refractivity contribution is -0.117. The molecule has 33 heavy (non-hydrogen) atoms. The number of amides is 1. The average molecular weight is 440 g/mol. The summed E-state index contributed by atoms with van der Waals surface area (Å²) in [6.07, 6.45) is 1.85. The first kappa shape index (κ1) is 22.0. The predicted molar refractivity (Wildman–Crippen MR) is 129 cm³/mol. The molecule has 0 fully saturated rings. The summed E-state index contributed by atoms with van der Waals surface area (Å²) in [7, 11) is 0. The number of hydrogen-bond donors (Lipinski definition) is 3. The molecule has 166 valence electrons. The summed E-state index contributed by atoms with van der Waals surface area (Å²) in [4.78, 5) is 26.5. The van der Waals surface area contributed by atoms with E-state index in [1.165, 1.54) is 6.08 Å². The number of carbonyl (C=O) groups is 2. The van der Waals surface area contributed by atoms with E-state index in [-0.39, 0.29) is 23.1 Å². The van der Waals surface area contributed by atoms with Crippen LogP contribution in [-0.4, -0.2) is 28.7 Å². The van der Waals surface area contributed by atoms with Gasteiger partial charge in [-0.3, -0.25) is 9.59 Å². The first-order valence-corrected chi connectivity index (χ1v) is 10.7. The summed E-state index contributed by atoms with van der Waals surface area (Å²) in [6.45, 7) is 3.95. The van der Waals surface area contributed by atoms with Crippen molar-refractivity contribution in [2.24, 2.45) is 5.16 Å². The van der Waals surface area contributed by atoms with Gasteiger partial charge in [0, 0.05) is 23.2 Å². The molecular weight excluding hydrogens is 414 g/mol. The minimum absolute atomic E-state index is 0.206. The molecular formula is C27H25N3O3. The Morgan fingerprint density at radius 3 is 2.24 bits per heavy atom. The molecule has 6 heteroatoms. The molecule has 0 aliphatic heterocycles. The van der Waals surface area contributed by atoms with Gasteiger partial charge in [-0.05, 0) is 48.7 Å². The fraction of sp³-hybridized carbons (Fsp3) is 0.148. The Bertz CT molecular complexity index is 1240. The van der Waals surface area contributed by atoms with Crippen LogP contribution in [-0.2, 0) is 11.2 Å². The average Bonchev–Trinajstić information content (AvgIpc) is 2.80. The molecule has 4 rings (SSSR count). The van der Waals surface area contributed by atoms with Gasteiger partial charge < -0.3 is 15.8 Å². The predicted octanol–water partition coefficient (Wildman–Crippen LogP) is 4.40.